The third kappa shape index (κ3) is 8.78. The Morgan fingerprint density at radius 2 is 1.61 bits per heavy atom. The molecule has 0 aliphatic carbocycles. The van der Waals surface area contributed by atoms with Crippen LogP contribution in [-0.2, 0) is 39.8 Å². The van der Waals surface area contributed by atoms with Gasteiger partial charge in [0.1, 0.15) is 17.5 Å². The second-order valence-corrected chi connectivity index (χ2v) is 6.78. The van der Waals surface area contributed by atoms with E-state index >= 15 is 0 Å². The summed E-state index contributed by atoms with van der Waals surface area (Å²) in [7, 11) is 0. The molecule has 2 unspecified atom stereocenters. The summed E-state index contributed by atoms with van der Waals surface area (Å²) >= 11 is 0. The van der Waals surface area contributed by atoms with Crippen molar-refractivity contribution in [3.63, 3.8) is 0 Å². The Morgan fingerprint density at radius 3 is 2.06 bits per heavy atom. The van der Waals surface area contributed by atoms with Gasteiger partial charge in [-0.1, -0.05) is 0 Å². The monoisotopic (exact) mass is 496 g/mol. The van der Waals surface area contributed by atoms with E-state index in [0.29, 0.717) is 17.0 Å². The van der Waals surface area contributed by atoms with Crippen LogP contribution < -0.4 is 5.73 Å². The number of carbonyl (C=O) groups is 2. The number of phenolic OH excluding ortho intramolecular Hbond substituents is 2. The molecular formula is C20H24CrN6O6. The predicted molar refractivity (Wildman–Crippen MR) is 114 cm³/mol. The number of nitrogens with two attached hydrogens (primary N) is 1. The number of carboxylic acids is 2. The summed E-state index contributed by atoms with van der Waals surface area (Å²) in [5, 5.41) is 36.7. The van der Waals surface area contributed by atoms with Crippen LogP contribution in [0.1, 0.15) is 23.9 Å². The number of nitrogens with zero attached hydrogens (tertiary/aromatic N) is 3. The molecule has 0 saturated carbocycles. The van der Waals surface area contributed by atoms with Gasteiger partial charge in [-0.15, -0.1) is 0 Å². The molecule has 0 spiro atoms. The van der Waals surface area contributed by atoms with E-state index in [4.69, 9.17) is 10.8 Å². The van der Waals surface area contributed by atoms with Gasteiger partial charge in [-0.25, -0.2) is 14.8 Å². The smallest absolute Gasteiger partial charge is 0.328 e. The second-order valence-electron chi connectivity index (χ2n) is 6.78. The fourth-order valence-corrected chi connectivity index (χ4v) is 2.64. The number of rotatable bonds is 8. The minimum Gasteiger partial charge on any atom is -0.508 e. The summed E-state index contributed by atoms with van der Waals surface area (Å²) in [6.45, 7) is 1.61. The molecule has 3 rings (SSSR count). The number of aliphatic carboxylic acids is 2. The Bertz CT molecular complexity index is 1060. The van der Waals surface area contributed by atoms with Crippen molar-refractivity contribution in [2.45, 2.75) is 31.8 Å². The van der Waals surface area contributed by atoms with Crippen LogP contribution in [0, 0.1) is 0 Å². The van der Waals surface area contributed by atoms with Crippen LogP contribution in [0.15, 0.2) is 48.2 Å². The second kappa shape index (κ2) is 13.0. The van der Waals surface area contributed by atoms with E-state index in [2.05, 4.69) is 24.9 Å². The van der Waals surface area contributed by atoms with E-state index in [-0.39, 0.29) is 41.7 Å². The van der Waals surface area contributed by atoms with E-state index in [1.54, 1.807) is 19.3 Å². The zero-order chi connectivity index (χ0) is 23.7. The Balaban J connectivity index is 0.000000385. The fourth-order valence-electron chi connectivity index (χ4n) is 2.64. The largest absolute Gasteiger partial charge is 0.508 e. The zero-order valence-corrected chi connectivity index (χ0v) is 18.8. The number of H-pyrrole nitrogens is 2. The van der Waals surface area contributed by atoms with Crippen molar-refractivity contribution in [3.05, 3.63) is 60.2 Å². The summed E-state index contributed by atoms with van der Waals surface area (Å²) in [4.78, 5) is 38.9. The third-order valence-corrected chi connectivity index (χ3v) is 4.29. The molecule has 1 aromatic carbocycles. The first-order valence-electron chi connectivity index (χ1n) is 9.39. The number of aromatic amines is 2. The van der Waals surface area contributed by atoms with Crippen LogP contribution >= 0.6 is 0 Å². The number of aliphatic imine (C=N–C) groups is 1. The third-order valence-electron chi connectivity index (χ3n) is 4.29. The van der Waals surface area contributed by atoms with Gasteiger partial charge in [0.2, 0.25) is 0 Å². The molecule has 0 radical (unpaired) electrons. The van der Waals surface area contributed by atoms with Gasteiger partial charge in [-0.2, -0.15) is 0 Å². The maximum absolute atomic E-state index is 11.3. The number of hydrogen-bond acceptors (Lipinski definition) is 8. The Morgan fingerprint density at radius 1 is 1.03 bits per heavy atom. The molecule has 0 aliphatic heterocycles. The standard InChI is InChI=1S/C14H15N3O4.C6H9N3O2.Cr/c1-8(11-3-2-10(18)5-13(11)19)17-12(14(20)21)4-9-6-15-7-16-9;7-5(6(10)11)1-4-2-8-3-9-4;/h2-3,5-7,12,18-19H,4H2,1H3,(H,15,16)(H,20,21);2-3,5H,1,7H2,(H,8,9)(H,10,11);. The molecule has 0 bridgehead atoms. The maximum atomic E-state index is 11.3. The summed E-state index contributed by atoms with van der Waals surface area (Å²) in [6.07, 6.45) is 6.52. The molecule has 3 aromatic rings. The number of imidazole rings is 2. The molecule has 2 atom stereocenters. The van der Waals surface area contributed by atoms with Gasteiger partial charge in [0.05, 0.1) is 12.7 Å². The van der Waals surface area contributed by atoms with E-state index in [9.17, 15) is 24.9 Å². The maximum Gasteiger partial charge on any atom is 0.328 e. The molecule has 8 N–H and O–H groups in total. The van der Waals surface area contributed by atoms with Crippen LogP contribution in [0.2, 0.25) is 0 Å². The Hall–Kier alpha value is -3.66. The van der Waals surface area contributed by atoms with Crippen molar-refractivity contribution in [2.24, 2.45) is 10.7 Å². The first-order chi connectivity index (χ1) is 15.2. The fraction of sp³-hybridized carbons (Fsp3) is 0.250. The van der Waals surface area contributed by atoms with E-state index in [1.807, 2.05) is 0 Å². The van der Waals surface area contributed by atoms with Crippen molar-refractivity contribution >= 4 is 17.7 Å². The Labute approximate surface area is 199 Å². The molecule has 0 fully saturated rings. The van der Waals surface area contributed by atoms with Crippen molar-refractivity contribution in [1.82, 2.24) is 19.9 Å². The van der Waals surface area contributed by atoms with Crippen molar-refractivity contribution in [2.75, 3.05) is 0 Å². The predicted octanol–water partition coefficient (Wildman–Crippen LogP) is 0.687. The molecule has 12 nitrogen and oxygen atoms in total. The van der Waals surface area contributed by atoms with Gasteiger partial charge in [0, 0.05) is 71.3 Å². The molecule has 0 amide bonds. The SMILES string of the molecule is CC(=NC(Cc1cnc[nH]1)C(=O)O)c1ccc(O)cc1O.NC(Cc1cnc[nH]1)C(=O)O.[Cr]. The van der Waals surface area contributed by atoms with Gasteiger partial charge in [0.15, 0.2) is 6.04 Å². The normalized spacial score (nSPS) is 12.6. The molecule has 0 aliphatic rings. The van der Waals surface area contributed by atoms with Gasteiger partial charge >= 0.3 is 11.9 Å². The van der Waals surface area contributed by atoms with Crippen LogP contribution in [0.25, 0.3) is 0 Å². The average molecular weight is 496 g/mol. The average Bonchev–Trinajstić information content (AvgIpc) is 3.42. The number of carboxylic acid groups (broad SMARTS) is 2. The molecule has 176 valence electrons. The van der Waals surface area contributed by atoms with Gasteiger partial charge < -0.3 is 36.1 Å². The summed E-state index contributed by atoms with van der Waals surface area (Å²) in [5.41, 5.74) is 7.41. The quantitative estimate of drug-likeness (QED) is 0.218. The van der Waals surface area contributed by atoms with Gasteiger partial charge in [0.25, 0.3) is 0 Å². The molecule has 33 heavy (non-hydrogen) atoms. The first-order valence-corrected chi connectivity index (χ1v) is 9.39. The van der Waals surface area contributed by atoms with Crippen LogP contribution in [0.4, 0.5) is 0 Å². The zero-order valence-electron chi connectivity index (χ0n) is 17.5. The van der Waals surface area contributed by atoms with E-state index in [0.717, 1.165) is 5.69 Å². The molecule has 2 aromatic heterocycles. The minimum atomic E-state index is -1.07. The molecule has 2 heterocycles. The summed E-state index contributed by atoms with van der Waals surface area (Å²) < 4.78 is 0. The topological polar surface area (TPSA) is 211 Å². The number of aromatic nitrogens is 4. The van der Waals surface area contributed by atoms with Crippen molar-refractivity contribution < 1.29 is 47.4 Å². The van der Waals surface area contributed by atoms with Gasteiger partial charge in [-0.3, -0.25) is 9.79 Å². The van der Waals surface area contributed by atoms with E-state index in [1.165, 1.54) is 30.9 Å². The number of nitrogens with one attached hydrogen (secondary N) is 2. The minimum absolute atomic E-state index is 0. The summed E-state index contributed by atoms with van der Waals surface area (Å²) in [6, 6.07) is 2.23. The number of benzene rings is 1. The van der Waals surface area contributed by atoms with E-state index < -0.39 is 24.0 Å². The van der Waals surface area contributed by atoms with Crippen molar-refractivity contribution in [1.29, 1.82) is 0 Å². The van der Waals surface area contributed by atoms with Crippen molar-refractivity contribution in [3.8, 4) is 11.5 Å². The first kappa shape index (κ1) is 27.4. The van der Waals surface area contributed by atoms with Gasteiger partial charge in [-0.05, 0) is 19.1 Å². The number of hydrogen-bond donors (Lipinski definition) is 7. The molecule has 0 saturated heterocycles. The number of aromatic hydroxyl groups is 2. The van der Waals surface area contributed by atoms with Crippen LogP contribution in [0.3, 0.4) is 0 Å². The molecule has 13 heteroatoms. The number of phenols is 2. The Kier molecular flexibility index (Phi) is 10.8. The molecular weight excluding hydrogens is 472 g/mol. The van der Waals surface area contributed by atoms with Crippen LogP contribution in [-0.4, -0.2) is 70.1 Å². The summed E-state index contributed by atoms with van der Waals surface area (Å²) in [5.74, 6) is -2.29. The van der Waals surface area contributed by atoms with Crippen LogP contribution in [0.5, 0.6) is 11.5 Å².